The minimum Gasteiger partial charge on any atom is -0.464 e. The van der Waals surface area contributed by atoms with Crippen molar-refractivity contribution in [2.45, 2.75) is 13.3 Å². The Morgan fingerprint density at radius 3 is 2.95 bits per heavy atom. The van der Waals surface area contributed by atoms with Crippen LogP contribution in [0, 0.1) is 0 Å². The third-order valence-corrected chi connectivity index (χ3v) is 2.64. The van der Waals surface area contributed by atoms with Crippen molar-refractivity contribution in [2.24, 2.45) is 0 Å². The van der Waals surface area contributed by atoms with Crippen LogP contribution in [0.15, 0.2) is 36.7 Å². The molecule has 1 aromatic heterocycles. The summed E-state index contributed by atoms with van der Waals surface area (Å²) in [6, 6.07) is 8.00. The fraction of sp³-hybridized carbons (Fsp3) is 0.214. The van der Waals surface area contributed by atoms with E-state index in [9.17, 15) is 4.79 Å². The number of carbonyl (C=O) groups is 1. The normalized spacial score (nSPS) is 10.0. The smallest absolute Gasteiger partial charge is 0.358 e. The molecule has 5 heteroatoms. The molecular formula is C14H15N3O2. The third kappa shape index (κ3) is 3.28. The Morgan fingerprint density at radius 1 is 1.37 bits per heavy atom. The summed E-state index contributed by atoms with van der Waals surface area (Å²) in [6.07, 6.45) is 3.90. The maximum absolute atomic E-state index is 11.4. The zero-order valence-corrected chi connectivity index (χ0v) is 10.9. The average molecular weight is 257 g/mol. The SMILES string of the molecule is CCc1cccc(Nc2cncc(C(=O)OC)n2)c1. The van der Waals surface area contributed by atoms with Crippen molar-refractivity contribution in [3.8, 4) is 0 Å². The Hall–Kier alpha value is -2.43. The molecule has 0 saturated heterocycles. The van der Waals surface area contributed by atoms with Crippen molar-refractivity contribution in [2.75, 3.05) is 12.4 Å². The zero-order chi connectivity index (χ0) is 13.7. The molecule has 0 fully saturated rings. The summed E-state index contributed by atoms with van der Waals surface area (Å²) in [5.41, 5.74) is 2.32. The fourth-order valence-corrected chi connectivity index (χ4v) is 1.65. The Balaban J connectivity index is 2.20. The van der Waals surface area contributed by atoms with Crippen LogP contribution in [0.1, 0.15) is 23.0 Å². The molecule has 98 valence electrons. The van der Waals surface area contributed by atoms with Crippen LogP contribution in [0.3, 0.4) is 0 Å². The van der Waals surface area contributed by atoms with Gasteiger partial charge >= 0.3 is 5.97 Å². The standard InChI is InChI=1S/C14H15N3O2/c1-3-10-5-4-6-11(7-10)16-13-9-15-8-12(17-13)14(18)19-2/h4-9H,3H2,1-2H3,(H,16,17). The van der Waals surface area contributed by atoms with Gasteiger partial charge in [0.15, 0.2) is 5.69 Å². The van der Waals surface area contributed by atoms with E-state index in [0.29, 0.717) is 5.82 Å². The minimum atomic E-state index is -0.501. The van der Waals surface area contributed by atoms with Gasteiger partial charge in [0.2, 0.25) is 0 Å². The molecule has 0 saturated carbocycles. The van der Waals surface area contributed by atoms with Gasteiger partial charge in [-0.3, -0.25) is 4.98 Å². The highest BCUT2D eigenvalue weighted by Crippen LogP contribution is 2.16. The minimum absolute atomic E-state index is 0.180. The molecule has 0 unspecified atom stereocenters. The number of benzene rings is 1. The van der Waals surface area contributed by atoms with Crippen molar-refractivity contribution >= 4 is 17.5 Å². The first-order valence-corrected chi connectivity index (χ1v) is 5.99. The van der Waals surface area contributed by atoms with E-state index in [1.54, 1.807) is 6.20 Å². The molecule has 19 heavy (non-hydrogen) atoms. The molecule has 2 rings (SSSR count). The van der Waals surface area contributed by atoms with Crippen LogP contribution < -0.4 is 5.32 Å². The van der Waals surface area contributed by atoms with Gasteiger partial charge in [-0.25, -0.2) is 9.78 Å². The molecule has 0 aliphatic heterocycles. The number of rotatable bonds is 4. The highest BCUT2D eigenvalue weighted by atomic mass is 16.5. The van der Waals surface area contributed by atoms with E-state index >= 15 is 0 Å². The van der Waals surface area contributed by atoms with Crippen molar-refractivity contribution in [3.05, 3.63) is 47.9 Å². The molecular weight excluding hydrogens is 242 g/mol. The van der Waals surface area contributed by atoms with Gasteiger partial charge in [-0.05, 0) is 24.1 Å². The number of nitrogens with one attached hydrogen (secondary N) is 1. The molecule has 5 nitrogen and oxygen atoms in total. The van der Waals surface area contributed by atoms with Crippen LogP contribution in [-0.2, 0) is 11.2 Å². The van der Waals surface area contributed by atoms with E-state index in [1.165, 1.54) is 18.9 Å². The largest absolute Gasteiger partial charge is 0.464 e. The van der Waals surface area contributed by atoms with Gasteiger partial charge in [0, 0.05) is 5.69 Å². The Morgan fingerprint density at radius 2 is 2.21 bits per heavy atom. The maximum atomic E-state index is 11.4. The second-order valence-electron chi connectivity index (χ2n) is 3.96. The van der Waals surface area contributed by atoms with Crippen molar-refractivity contribution in [1.82, 2.24) is 9.97 Å². The van der Waals surface area contributed by atoms with Crippen LogP contribution in [0.4, 0.5) is 11.5 Å². The number of esters is 1. The number of nitrogens with zero attached hydrogens (tertiary/aromatic N) is 2. The molecule has 1 heterocycles. The van der Waals surface area contributed by atoms with Gasteiger partial charge in [-0.15, -0.1) is 0 Å². The second kappa shape index (κ2) is 5.95. The molecule has 0 aliphatic rings. The zero-order valence-electron chi connectivity index (χ0n) is 10.9. The first-order valence-electron chi connectivity index (χ1n) is 5.99. The second-order valence-corrected chi connectivity index (χ2v) is 3.96. The number of hydrogen-bond acceptors (Lipinski definition) is 5. The van der Waals surface area contributed by atoms with Crippen LogP contribution in [0.2, 0.25) is 0 Å². The number of anilines is 2. The number of aryl methyl sites for hydroxylation is 1. The lowest BCUT2D eigenvalue weighted by Gasteiger charge is -2.07. The van der Waals surface area contributed by atoms with Crippen LogP contribution in [0.25, 0.3) is 0 Å². The van der Waals surface area contributed by atoms with Crippen LogP contribution in [-0.4, -0.2) is 23.0 Å². The monoisotopic (exact) mass is 257 g/mol. The van der Waals surface area contributed by atoms with Gasteiger partial charge in [-0.2, -0.15) is 0 Å². The summed E-state index contributed by atoms with van der Waals surface area (Å²) >= 11 is 0. The van der Waals surface area contributed by atoms with Gasteiger partial charge in [-0.1, -0.05) is 19.1 Å². The van der Waals surface area contributed by atoms with Gasteiger partial charge in [0.25, 0.3) is 0 Å². The highest BCUT2D eigenvalue weighted by Gasteiger charge is 2.08. The van der Waals surface area contributed by atoms with E-state index in [1.807, 2.05) is 18.2 Å². The van der Waals surface area contributed by atoms with Gasteiger partial charge < -0.3 is 10.1 Å². The summed E-state index contributed by atoms with van der Waals surface area (Å²) in [5, 5.41) is 3.12. The van der Waals surface area contributed by atoms with Crippen LogP contribution in [0.5, 0.6) is 0 Å². The summed E-state index contributed by atoms with van der Waals surface area (Å²) in [6.45, 7) is 2.09. The van der Waals surface area contributed by atoms with Gasteiger partial charge in [0.05, 0.1) is 19.5 Å². The Labute approximate surface area is 111 Å². The molecule has 0 amide bonds. The fourth-order valence-electron chi connectivity index (χ4n) is 1.65. The number of hydrogen-bond donors (Lipinski definition) is 1. The summed E-state index contributed by atoms with van der Waals surface area (Å²) in [7, 11) is 1.31. The molecule has 2 aromatic rings. The van der Waals surface area contributed by atoms with Gasteiger partial charge in [0.1, 0.15) is 5.82 Å². The van der Waals surface area contributed by atoms with Crippen molar-refractivity contribution < 1.29 is 9.53 Å². The Kier molecular flexibility index (Phi) is 4.07. The predicted octanol–water partition coefficient (Wildman–Crippen LogP) is 2.57. The molecule has 0 atom stereocenters. The first kappa shape index (κ1) is 13.0. The average Bonchev–Trinajstić information content (AvgIpc) is 2.47. The predicted molar refractivity (Wildman–Crippen MR) is 72.5 cm³/mol. The molecule has 0 radical (unpaired) electrons. The number of ether oxygens (including phenoxy) is 1. The van der Waals surface area contributed by atoms with Crippen LogP contribution >= 0.6 is 0 Å². The number of carbonyl (C=O) groups excluding carboxylic acids is 1. The molecule has 1 aromatic carbocycles. The molecule has 0 bridgehead atoms. The molecule has 0 aliphatic carbocycles. The topological polar surface area (TPSA) is 64.1 Å². The third-order valence-electron chi connectivity index (χ3n) is 2.64. The molecule has 1 N–H and O–H groups in total. The van der Waals surface area contributed by atoms with E-state index in [4.69, 9.17) is 0 Å². The number of methoxy groups -OCH3 is 1. The van der Waals surface area contributed by atoms with E-state index < -0.39 is 5.97 Å². The summed E-state index contributed by atoms with van der Waals surface area (Å²) in [5.74, 6) is 0.00890. The quantitative estimate of drug-likeness (QED) is 0.853. The summed E-state index contributed by atoms with van der Waals surface area (Å²) < 4.78 is 4.61. The lowest BCUT2D eigenvalue weighted by Crippen LogP contribution is -2.06. The lowest BCUT2D eigenvalue weighted by atomic mass is 10.1. The maximum Gasteiger partial charge on any atom is 0.358 e. The lowest BCUT2D eigenvalue weighted by molar-refractivity contribution is 0.0593. The van der Waals surface area contributed by atoms with E-state index in [0.717, 1.165) is 12.1 Å². The molecule has 0 spiro atoms. The van der Waals surface area contributed by atoms with Crippen molar-refractivity contribution in [1.29, 1.82) is 0 Å². The highest BCUT2D eigenvalue weighted by molar-refractivity contribution is 5.87. The van der Waals surface area contributed by atoms with E-state index in [2.05, 4.69) is 33.0 Å². The first-order chi connectivity index (χ1) is 9.22. The van der Waals surface area contributed by atoms with Crippen molar-refractivity contribution in [3.63, 3.8) is 0 Å². The Bertz CT molecular complexity index is 584. The summed E-state index contributed by atoms with van der Waals surface area (Å²) in [4.78, 5) is 19.5. The van der Waals surface area contributed by atoms with E-state index in [-0.39, 0.29) is 5.69 Å². The number of aromatic nitrogens is 2.